The number of piperidine rings is 1. The Morgan fingerprint density at radius 2 is 2.14 bits per heavy atom. The fourth-order valence-corrected chi connectivity index (χ4v) is 3.10. The van der Waals surface area contributed by atoms with Crippen molar-refractivity contribution in [1.82, 2.24) is 9.27 Å². The zero-order valence-corrected chi connectivity index (χ0v) is 13.2. The van der Waals surface area contributed by atoms with E-state index in [0.717, 1.165) is 25.1 Å². The number of aromatic nitrogens is 1. The van der Waals surface area contributed by atoms with Gasteiger partial charge in [0.1, 0.15) is 11.8 Å². The maximum Gasteiger partial charge on any atom is 0.273 e. The third-order valence-electron chi connectivity index (χ3n) is 3.69. The van der Waals surface area contributed by atoms with Gasteiger partial charge in [0.15, 0.2) is 11.5 Å². The standard InChI is InChI=1S/C16H18N2O3S/c1-20-14-6-2-3-7-15(14)21-12-5-4-9-18(11-12)16(19)13-8-10-22-17-13/h2-3,6-8,10,12H,4-5,9,11H2,1H3/t12-/m1/s1. The molecule has 2 heterocycles. The van der Waals surface area contributed by atoms with Crippen molar-refractivity contribution in [3.8, 4) is 11.5 Å². The first-order valence-electron chi connectivity index (χ1n) is 7.27. The number of likely N-dealkylation sites (tertiary alicyclic amines) is 1. The van der Waals surface area contributed by atoms with E-state index < -0.39 is 0 Å². The zero-order valence-electron chi connectivity index (χ0n) is 12.4. The SMILES string of the molecule is COc1ccccc1O[C@@H]1CCCN(C(=O)c2ccsn2)C1. The number of carbonyl (C=O) groups is 1. The summed E-state index contributed by atoms with van der Waals surface area (Å²) in [5.41, 5.74) is 0.517. The Kier molecular flexibility index (Phi) is 4.58. The molecule has 0 unspecified atom stereocenters. The molecule has 5 nitrogen and oxygen atoms in total. The second-order valence-electron chi connectivity index (χ2n) is 5.17. The van der Waals surface area contributed by atoms with Gasteiger partial charge in [-0.3, -0.25) is 4.79 Å². The van der Waals surface area contributed by atoms with Crippen molar-refractivity contribution >= 4 is 17.4 Å². The Morgan fingerprint density at radius 1 is 1.32 bits per heavy atom. The van der Waals surface area contributed by atoms with Crippen molar-refractivity contribution in [2.45, 2.75) is 18.9 Å². The first-order valence-corrected chi connectivity index (χ1v) is 8.11. The summed E-state index contributed by atoms with van der Waals surface area (Å²) < 4.78 is 15.5. The second-order valence-corrected chi connectivity index (χ2v) is 5.83. The zero-order chi connectivity index (χ0) is 15.4. The van der Waals surface area contributed by atoms with E-state index in [2.05, 4.69) is 4.37 Å². The van der Waals surface area contributed by atoms with Gasteiger partial charge in [0, 0.05) is 11.9 Å². The topological polar surface area (TPSA) is 51.7 Å². The lowest BCUT2D eigenvalue weighted by Crippen LogP contribution is -2.44. The van der Waals surface area contributed by atoms with Crippen LogP contribution in [-0.4, -0.2) is 41.5 Å². The molecule has 22 heavy (non-hydrogen) atoms. The smallest absolute Gasteiger partial charge is 0.273 e. The van der Waals surface area contributed by atoms with Gasteiger partial charge < -0.3 is 14.4 Å². The highest BCUT2D eigenvalue weighted by Crippen LogP contribution is 2.28. The van der Waals surface area contributed by atoms with E-state index in [1.54, 1.807) is 13.2 Å². The Balaban J connectivity index is 1.67. The molecule has 0 aliphatic carbocycles. The average molecular weight is 318 g/mol. The molecule has 1 aromatic heterocycles. The van der Waals surface area contributed by atoms with Crippen LogP contribution in [0, 0.1) is 0 Å². The maximum absolute atomic E-state index is 12.4. The third kappa shape index (κ3) is 3.22. The molecule has 3 rings (SSSR count). The molecule has 0 spiro atoms. The largest absolute Gasteiger partial charge is 0.493 e. The summed E-state index contributed by atoms with van der Waals surface area (Å²) in [6.07, 6.45) is 1.84. The number of carbonyl (C=O) groups excluding carboxylic acids is 1. The predicted molar refractivity (Wildman–Crippen MR) is 84.7 cm³/mol. The van der Waals surface area contributed by atoms with Crippen LogP contribution in [0.25, 0.3) is 0 Å². The molecule has 1 aromatic carbocycles. The minimum Gasteiger partial charge on any atom is -0.493 e. The molecule has 0 bridgehead atoms. The van der Waals surface area contributed by atoms with Gasteiger partial charge in [-0.05, 0) is 42.6 Å². The van der Waals surface area contributed by atoms with Crippen molar-refractivity contribution < 1.29 is 14.3 Å². The Morgan fingerprint density at radius 3 is 2.86 bits per heavy atom. The lowest BCUT2D eigenvalue weighted by molar-refractivity contribution is 0.0528. The highest BCUT2D eigenvalue weighted by atomic mass is 32.1. The van der Waals surface area contributed by atoms with Crippen molar-refractivity contribution in [3.63, 3.8) is 0 Å². The number of hydrogen-bond acceptors (Lipinski definition) is 5. The van der Waals surface area contributed by atoms with Crippen LogP contribution in [0.2, 0.25) is 0 Å². The van der Waals surface area contributed by atoms with Crippen LogP contribution in [0.15, 0.2) is 35.7 Å². The van der Waals surface area contributed by atoms with E-state index in [-0.39, 0.29) is 12.0 Å². The second kappa shape index (κ2) is 6.79. The lowest BCUT2D eigenvalue weighted by Gasteiger charge is -2.32. The number of nitrogens with zero attached hydrogens (tertiary/aromatic N) is 2. The van der Waals surface area contributed by atoms with Gasteiger partial charge in [0.2, 0.25) is 0 Å². The molecule has 0 radical (unpaired) electrons. The van der Waals surface area contributed by atoms with Crippen LogP contribution >= 0.6 is 11.5 Å². The molecule has 116 valence electrons. The van der Waals surface area contributed by atoms with Crippen LogP contribution in [0.4, 0.5) is 0 Å². The van der Waals surface area contributed by atoms with Gasteiger partial charge in [-0.15, -0.1) is 0 Å². The number of amides is 1. The minimum atomic E-state index is -0.0207. The molecule has 1 amide bonds. The van der Waals surface area contributed by atoms with Gasteiger partial charge in [-0.25, -0.2) is 0 Å². The van der Waals surface area contributed by atoms with Crippen LogP contribution < -0.4 is 9.47 Å². The van der Waals surface area contributed by atoms with Gasteiger partial charge in [0.25, 0.3) is 5.91 Å². The van der Waals surface area contributed by atoms with E-state index in [1.165, 1.54) is 11.5 Å². The third-order valence-corrected chi connectivity index (χ3v) is 4.24. The highest BCUT2D eigenvalue weighted by molar-refractivity contribution is 7.03. The molecule has 2 aromatic rings. The summed E-state index contributed by atoms with van der Waals surface area (Å²) >= 11 is 1.29. The Labute approximate surface area is 133 Å². The molecule has 0 saturated carbocycles. The van der Waals surface area contributed by atoms with E-state index >= 15 is 0 Å². The first-order chi connectivity index (χ1) is 10.8. The summed E-state index contributed by atoms with van der Waals surface area (Å²) in [5, 5.41) is 1.82. The summed E-state index contributed by atoms with van der Waals surface area (Å²) in [5.74, 6) is 1.41. The molecule has 1 atom stereocenters. The summed E-state index contributed by atoms with van der Waals surface area (Å²) in [6.45, 7) is 1.33. The van der Waals surface area contributed by atoms with E-state index in [9.17, 15) is 4.79 Å². The summed E-state index contributed by atoms with van der Waals surface area (Å²) in [4.78, 5) is 14.2. The quantitative estimate of drug-likeness (QED) is 0.870. The Bertz CT molecular complexity index is 630. The molecule has 1 saturated heterocycles. The van der Waals surface area contributed by atoms with E-state index in [4.69, 9.17) is 9.47 Å². The number of benzene rings is 1. The van der Waals surface area contributed by atoms with Gasteiger partial charge in [-0.2, -0.15) is 4.37 Å². The molecular weight excluding hydrogens is 300 g/mol. The fourth-order valence-electron chi connectivity index (χ4n) is 2.60. The van der Waals surface area contributed by atoms with E-state index in [0.29, 0.717) is 18.0 Å². The minimum absolute atomic E-state index is 0.0189. The first kappa shape index (κ1) is 14.8. The lowest BCUT2D eigenvalue weighted by atomic mass is 10.1. The molecule has 0 N–H and O–H groups in total. The van der Waals surface area contributed by atoms with Crippen LogP contribution in [0.1, 0.15) is 23.3 Å². The van der Waals surface area contributed by atoms with Gasteiger partial charge >= 0.3 is 0 Å². The average Bonchev–Trinajstić information content (AvgIpc) is 3.09. The molecule has 1 aliphatic rings. The molecular formula is C16H18N2O3S. The number of para-hydroxylation sites is 2. The summed E-state index contributed by atoms with van der Waals surface area (Å²) in [6, 6.07) is 9.34. The maximum atomic E-state index is 12.4. The van der Waals surface area contributed by atoms with Gasteiger partial charge in [0.05, 0.1) is 13.7 Å². The van der Waals surface area contributed by atoms with E-state index in [1.807, 2.05) is 34.5 Å². The molecule has 1 fully saturated rings. The van der Waals surface area contributed by atoms with Crippen LogP contribution in [0.3, 0.4) is 0 Å². The number of rotatable bonds is 4. The number of hydrogen-bond donors (Lipinski definition) is 0. The summed E-state index contributed by atoms with van der Waals surface area (Å²) in [7, 11) is 1.63. The monoisotopic (exact) mass is 318 g/mol. The van der Waals surface area contributed by atoms with Gasteiger partial charge in [-0.1, -0.05) is 12.1 Å². The van der Waals surface area contributed by atoms with Crippen molar-refractivity contribution in [3.05, 3.63) is 41.4 Å². The van der Waals surface area contributed by atoms with Crippen LogP contribution in [0.5, 0.6) is 11.5 Å². The van der Waals surface area contributed by atoms with Crippen LogP contribution in [-0.2, 0) is 0 Å². The molecule has 6 heteroatoms. The predicted octanol–water partition coefficient (Wildman–Crippen LogP) is 2.84. The highest BCUT2D eigenvalue weighted by Gasteiger charge is 2.27. The fraction of sp³-hybridized carbons (Fsp3) is 0.375. The number of ether oxygens (including phenoxy) is 2. The molecule has 1 aliphatic heterocycles. The van der Waals surface area contributed by atoms with Crippen molar-refractivity contribution in [2.75, 3.05) is 20.2 Å². The van der Waals surface area contributed by atoms with Crippen molar-refractivity contribution in [1.29, 1.82) is 0 Å². The van der Waals surface area contributed by atoms with Crippen molar-refractivity contribution in [2.24, 2.45) is 0 Å². The normalized spacial score (nSPS) is 18.0. The Hall–Kier alpha value is -2.08. The number of methoxy groups -OCH3 is 1.